The van der Waals surface area contributed by atoms with Crippen LogP contribution in [0.25, 0.3) is 0 Å². The minimum absolute atomic E-state index is 0.0622. The van der Waals surface area contributed by atoms with E-state index >= 15 is 0 Å². The summed E-state index contributed by atoms with van der Waals surface area (Å²) < 4.78 is 11.3. The van der Waals surface area contributed by atoms with Crippen LogP contribution in [0.15, 0.2) is 59.2 Å². The topological polar surface area (TPSA) is 34.1 Å². The van der Waals surface area contributed by atoms with Crippen LogP contribution in [0, 0.1) is 0 Å². The number of nitrogens with zero attached hydrogens (tertiary/aromatic N) is 2. The van der Waals surface area contributed by atoms with Crippen molar-refractivity contribution in [3.63, 3.8) is 0 Å². The molecule has 0 aromatic heterocycles. The van der Waals surface area contributed by atoms with E-state index in [0.717, 1.165) is 17.2 Å². The van der Waals surface area contributed by atoms with Crippen LogP contribution in [0.3, 0.4) is 0 Å². The molecule has 4 heteroatoms. The molecule has 3 rings (SSSR count). The van der Waals surface area contributed by atoms with Crippen molar-refractivity contribution in [1.29, 1.82) is 0 Å². The van der Waals surface area contributed by atoms with E-state index in [9.17, 15) is 0 Å². The summed E-state index contributed by atoms with van der Waals surface area (Å²) in [5.74, 6) is 1.56. The van der Waals surface area contributed by atoms with Gasteiger partial charge in [-0.25, -0.2) is 0 Å². The Hall–Kier alpha value is -2.75. The van der Waals surface area contributed by atoms with Crippen LogP contribution in [0.4, 0.5) is 11.4 Å². The maximum atomic E-state index is 5.70. The lowest BCUT2D eigenvalue weighted by molar-refractivity contribution is 0.331. The number of likely N-dealkylation sites (N-methyl/N-ethyl adjacent to an activating group) is 1. The van der Waals surface area contributed by atoms with Gasteiger partial charge in [-0.2, -0.15) is 0 Å². The number of rotatable bonds is 6. The Balaban J connectivity index is 1.92. The number of allylic oxidation sites excluding steroid dienone is 2. The molecule has 1 aliphatic heterocycles. The molecular formula is C23H28N2O2. The number of aliphatic imine (C=N–C) groups is 1. The lowest BCUT2D eigenvalue weighted by Crippen LogP contribution is -2.23. The fourth-order valence-electron chi connectivity index (χ4n) is 3.62. The molecule has 0 unspecified atom stereocenters. The Kier molecular flexibility index (Phi) is 5.54. The molecule has 0 radical (unpaired) electrons. The first-order chi connectivity index (χ1) is 13.0. The van der Waals surface area contributed by atoms with Gasteiger partial charge in [0.05, 0.1) is 13.2 Å². The van der Waals surface area contributed by atoms with Crippen molar-refractivity contribution in [2.45, 2.75) is 33.1 Å². The van der Waals surface area contributed by atoms with E-state index in [1.807, 2.05) is 38.3 Å². The van der Waals surface area contributed by atoms with Gasteiger partial charge in [0.25, 0.3) is 0 Å². The summed E-state index contributed by atoms with van der Waals surface area (Å²) in [5, 5.41) is 0. The molecule has 142 valence electrons. The van der Waals surface area contributed by atoms with Gasteiger partial charge in [0.15, 0.2) is 0 Å². The Morgan fingerprint density at radius 1 is 1.04 bits per heavy atom. The Bertz CT molecular complexity index is 868. The SMILES string of the molecule is CCOc1ccc(OCC)c(N=C/C=C2\N(C)c3ccccc3C2(C)C)c1. The van der Waals surface area contributed by atoms with Gasteiger partial charge in [0.2, 0.25) is 0 Å². The van der Waals surface area contributed by atoms with Gasteiger partial charge >= 0.3 is 0 Å². The second-order valence-corrected chi connectivity index (χ2v) is 7.03. The normalized spacial score (nSPS) is 16.8. The van der Waals surface area contributed by atoms with Crippen molar-refractivity contribution in [1.82, 2.24) is 0 Å². The van der Waals surface area contributed by atoms with Crippen LogP contribution in [0.2, 0.25) is 0 Å². The third-order valence-corrected chi connectivity index (χ3v) is 4.93. The average molecular weight is 364 g/mol. The predicted molar refractivity (Wildman–Crippen MR) is 113 cm³/mol. The third kappa shape index (κ3) is 3.70. The van der Waals surface area contributed by atoms with Gasteiger partial charge in [-0.1, -0.05) is 32.0 Å². The molecule has 27 heavy (non-hydrogen) atoms. The molecule has 0 fully saturated rings. The molecule has 1 heterocycles. The summed E-state index contributed by atoms with van der Waals surface area (Å²) in [6, 6.07) is 14.3. The molecule has 0 aliphatic carbocycles. The van der Waals surface area contributed by atoms with Crippen LogP contribution in [0.5, 0.6) is 11.5 Å². The van der Waals surface area contributed by atoms with Gasteiger partial charge < -0.3 is 14.4 Å². The molecule has 0 saturated heterocycles. The summed E-state index contributed by atoms with van der Waals surface area (Å²) >= 11 is 0. The monoisotopic (exact) mass is 364 g/mol. The minimum Gasteiger partial charge on any atom is -0.494 e. The second kappa shape index (κ2) is 7.87. The van der Waals surface area contributed by atoms with Crippen molar-refractivity contribution in [3.8, 4) is 11.5 Å². The average Bonchev–Trinajstić information content (AvgIpc) is 2.85. The highest BCUT2D eigenvalue weighted by molar-refractivity contribution is 5.81. The van der Waals surface area contributed by atoms with Gasteiger partial charge in [-0.05, 0) is 43.7 Å². The highest BCUT2D eigenvalue weighted by Crippen LogP contribution is 2.46. The molecule has 2 aromatic rings. The van der Waals surface area contributed by atoms with E-state index in [-0.39, 0.29) is 5.41 Å². The lowest BCUT2D eigenvalue weighted by atomic mass is 9.84. The molecule has 0 bridgehead atoms. The fraction of sp³-hybridized carbons (Fsp3) is 0.348. The van der Waals surface area contributed by atoms with Crippen LogP contribution < -0.4 is 14.4 Å². The molecule has 0 atom stereocenters. The Morgan fingerprint density at radius 2 is 1.78 bits per heavy atom. The second-order valence-electron chi connectivity index (χ2n) is 7.03. The van der Waals surface area contributed by atoms with Crippen LogP contribution in [0.1, 0.15) is 33.3 Å². The quantitative estimate of drug-likeness (QED) is 0.635. The van der Waals surface area contributed by atoms with Gasteiger partial charge in [-0.3, -0.25) is 4.99 Å². The smallest absolute Gasteiger partial charge is 0.145 e. The van der Waals surface area contributed by atoms with Crippen molar-refractivity contribution < 1.29 is 9.47 Å². The molecular weight excluding hydrogens is 336 g/mol. The number of hydrogen-bond donors (Lipinski definition) is 0. The maximum Gasteiger partial charge on any atom is 0.145 e. The van der Waals surface area contributed by atoms with Gasteiger partial charge in [-0.15, -0.1) is 0 Å². The molecule has 2 aromatic carbocycles. The first kappa shape index (κ1) is 19.0. The predicted octanol–water partition coefficient (Wildman–Crippen LogP) is 5.50. The van der Waals surface area contributed by atoms with Crippen LogP contribution >= 0.6 is 0 Å². The number of anilines is 1. The van der Waals surface area contributed by atoms with E-state index in [2.05, 4.69) is 61.1 Å². The maximum absolute atomic E-state index is 5.70. The lowest BCUT2D eigenvalue weighted by Gasteiger charge is -2.23. The zero-order chi connectivity index (χ0) is 19.4. The number of fused-ring (bicyclic) bond motifs is 1. The number of hydrogen-bond acceptors (Lipinski definition) is 4. The van der Waals surface area contributed by atoms with E-state index in [4.69, 9.17) is 9.47 Å². The largest absolute Gasteiger partial charge is 0.494 e. The molecule has 0 N–H and O–H groups in total. The fourth-order valence-corrected chi connectivity index (χ4v) is 3.62. The van der Waals surface area contributed by atoms with E-state index in [0.29, 0.717) is 13.2 Å². The van der Waals surface area contributed by atoms with Crippen molar-refractivity contribution in [2.75, 3.05) is 25.2 Å². The molecule has 0 amide bonds. The Morgan fingerprint density at radius 3 is 2.48 bits per heavy atom. The number of benzene rings is 2. The molecule has 0 saturated carbocycles. The summed E-state index contributed by atoms with van der Waals surface area (Å²) in [4.78, 5) is 6.90. The molecule has 1 aliphatic rings. The Labute approximate surface area is 162 Å². The van der Waals surface area contributed by atoms with E-state index in [1.165, 1.54) is 16.9 Å². The van der Waals surface area contributed by atoms with Crippen LogP contribution in [-0.4, -0.2) is 26.5 Å². The van der Waals surface area contributed by atoms with Crippen molar-refractivity contribution in [3.05, 3.63) is 59.8 Å². The molecule has 4 nitrogen and oxygen atoms in total. The highest BCUT2D eigenvalue weighted by atomic mass is 16.5. The van der Waals surface area contributed by atoms with Gasteiger partial charge in [0.1, 0.15) is 17.2 Å². The minimum atomic E-state index is -0.0622. The van der Waals surface area contributed by atoms with Crippen LogP contribution in [-0.2, 0) is 5.41 Å². The molecule has 0 spiro atoms. The van der Waals surface area contributed by atoms with E-state index < -0.39 is 0 Å². The number of ether oxygens (including phenoxy) is 2. The zero-order valence-electron chi connectivity index (χ0n) is 16.8. The van der Waals surface area contributed by atoms with Crippen molar-refractivity contribution >= 4 is 17.6 Å². The summed E-state index contributed by atoms with van der Waals surface area (Å²) in [5.41, 5.74) is 4.51. The number of para-hydroxylation sites is 1. The van der Waals surface area contributed by atoms with Crippen molar-refractivity contribution in [2.24, 2.45) is 4.99 Å². The van der Waals surface area contributed by atoms with Gasteiger partial charge in [0, 0.05) is 36.1 Å². The zero-order valence-corrected chi connectivity index (χ0v) is 16.8. The summed E-state index contributed by atoms with van der Waals surface area (Å²) in [6.07, 6.45) is 3.94. The third-order valence-electron chi connectivity index (χ3n) is 4.93. The highest BCUT2D eigenvalue weighted by Gasteiger charge is 2.37. The first-order valence-corrected chi connectivity index (χ1v) is 9.46. The first-order valence-electron chi connectivity index (χ1n) is 9.46. The van der Waals surface area contributed by atoms with E-state index in [1.54, 1.807) is 0 Å². The summed E-state index contributed by atoms with van der Waals surface area (Å²) in [6.45, 7) is 9.66. The summed E-state index contributed by atoms with van der Waals surface area (Å²) in [7, 11) is 2.11. The standard InChI is InChI=1S/C23H28N2O2/c1-6-26-17-12-13-21(27-7-2)19(16-17)24-15-14-22-23(3,4)18-10-8-9-11-20(18)25(22)5/h8-16H,6-7H2,1-5H3/b22-14-,24-15?.